The highest BCUT2D eigenvalue weighted by Gasteiger charge is 2.20. The molecule has 0 aliphatic carbocycles. The first-order chi connectivity index (χ1) is 7.65. The fourth-order valence-corrected chi connectivity index (χ4v) is 1.77. The first kappa shape index (κ1) is 12.9. The van der Waals surface area contributed by atoms with Crippen molar-refractivity contribution in [2.75, 3.05) is 6.54 Å². The van der Waals surface area contributed by atoms with Crippen molar-refractivity contribution in [3.8, 4) is 0 Å². The zero-order chi connectivity index (χ0) is 12.0. The molecule has 1 atom stereocenters. The lowest BCUT2D eigenvalue weighted by Gasteiger charge is -2.18. The van der Waals surface area contributed by atoms with Crippen LogP contribution < -0.4 is 5.32 Å². The highest BCUT2D eigenvalue weighted by atomic mass is 16.1. The third kappa shape index (κ3) is 3.78. The van der Waals surface area contributed by atoms with E-state index in [1.54, 1.807) is 0 Å². The molecule has 0 radical (unpaired) electrons. The molecule has 2 heteroatoms. The van der Waals surface area contributed by atoms with Crippen molar-refractivity contribution in [3.05, 3.63) is 35.9 Å². The average molecular weight is 219 g/mol. The first-order valence-corrected chi connectivity index (χ1v) is 5.96. The van der Waals surface area contributed by atoms with Gasteiger partial charge in [0.05, 0.1) is 6.04 Å². The molecule has 88 valence electrons. The lowest BCUT2D eigenvalue weighted by atomic mass is 9.96. The quantitative estimate of drug-likeness (QED) is 0.796. The summed E-state index contributed by atoms with van der Waals surface area (Å²) in [5.74, 6) is 0.387. The Labute approximate surface area is 98.1 Å². The minimum Gasteiger partial charge on any atom is -0.307 e. The lowest BCUT2D eigenvalue weighted by molar-refractivity contribution is -0.123. The smallest absolute Gasteiger partial charge is 0.152 e. The van der Waals surface area contributed by atoms with E-state index in [4.69, 9.17) is 0 Å². The predicted molar refractivity (Wildman–Crippen MR) is 67.5 cm³/mol. The number of rotatable bonds is 6. The van der Waals surface area contributed by atoms with Crippen molar-refractivity contribution in [1.82, 2.24) is 5.32 Å². The van der Waals surface area contributed by atoms with E-state index in [0.717, 1.165) is 13.0 Å². The Morgan fingerprint density at radius 2 is 1.88 bits per heavy atom. The number of hydrogen-bond acceptors (Lipinski definition) is 2. The van der Waals surface area contributed by atoms with Gasteiger partial charge in [0, 0.05) is 5.92 Å². The third-order valence-corrected chi connectivity index (χ3v) is 2.65. The molecule has 0 aromatic heterocycles. The molecule has 1 rings (SSSR count). The van der Waals surface area contributed by atoms with Crippen LogP contribution in [-0.4, -0.2) is 18.4 Å². The Morgan fingerprint density at radius 1 is 1.25 bits per heavy atom. The van der Waals surface area contributed by atoms with Crippen LogP contribution in [0.4, 0.5) is 0 Å². The van der Waals surface area contributed by atoms with Crippen LogP contribution in [0, 0.1) is 5.92 Å². The summed E-state index contributed by atoms with van der Waals surface area (Å²) in [5, 5.41) is 3.26. The van der Waals surface area contributed by atoms with Crippen molar-refractivity contribution in [1.29, 1.82) is 0 Å². The molecular formula is C14H21NO. The van der Waals surface area contributed by atoms with Crippen LogP contribution in [-0.2, 0) is 11.2 Å². The number of likely N-dealkylation sites (N-methyl/N-ethyl adjacent to an activating group) is 1. The van der Waals surface area contributed by atoms with Crippen LogP contribution in [0.1, 0.15) is 26.3 Å². The SMILES string of the molecule is CCN[C@H](Cc1ccccc1)C(=O)C(C)C. The fraction of sp³-hybridized carbons (Fsp3) is 0.500. The molecule has 1 N–H and O–H groups in total. The third-order valence-electron chi connectivity index (χ3n) is 2.65. The van der Waals surface area contributed by atoms with E-state index in [-0.39, 0.29) is 12.0 Å². The zero-order valence-corrected chi connectivity index (χ0v) is 10.4. The number of carbonyl (C=O) groups excluding carboxylic acids is 1. The van der Waals surface area contributed by atoms with Gasteiger partial charge in [-0.3, -0.25) is 4.79 Å². The van der Waals surface area contributed by atoms with Crippen molar-refractivity contribution in [2.24, 2.45) is 5.92 Å². The normalized spacial score (nSPS) is 12.8. The molecule has 1 aromatic carbocycles. The summed E-state index contributed by atoms with van der Waals surface area (Å²) in [4.78, 5) is 12.0. The molecule has 0 saturated heterocycles. The monoisotopic (exact) mass is 219 g/mol. The molecule has 0 amide bonds. The van der Waals surface area contributed by atoms with Crippen LogP contribution >= 0.6 is 0 Å². The summed E-state index contributed by atoms with van der Waals surface area (Å²) in [7, 11) is 0. The maximum atomic E-state index is 12.0. The number of Topliss-reactive ketones (excluding diaryl/α,β-unsaturated/α-hetero) is 1. The molecule has 0 aliphatic heterocycles. The Morgan fingerprint density at radius 3 is 2.38 bits per heavy atom. The summed E-state index contributed by atoms with van der Waals surface area (Å²) < 4.78 is 0. The van der Waals surface area contributed by atoms with Gasteiger partial charge in [-0.15, -0.1) is 0 Å². The van der Waals surface area contributed by atoms with Gasteiger partial charge in [-0.25, -0.2) is 0 Å². The topological polar surface area (TPSA) is 29.1 Å². The van der Waals surface area contributed by atoms with E-state index < -0.39 is 0 Å². The van der Waals surface area contributed by atoms with Gasteiger partial charge in [-0.2, -0.15) is 0 Å². The Hall–Kier alpha value is -1.15. The average Bonchev–Trinajstić information content (AvgIpc) is 2.29. The van der Waals surface area contributed by atoms with Gasteiger partial charge in [0.1, 0.15) is 0 Å². The van der Waals surface area contributed by atoms with Crippen LogP contribution in [0.15, 0.2) is 30.3 Å². The van der Waals surface area contributed by atoms with Crippen molar-refractivity contribution in [3.63, 3.8) is 0 Å². The van der Waals surface area contributed by atoms with Crippen molar-refractivity contribution in [2.45, 2.75) is 33.2 Å². The van der Waals surface area contributed by atoms with Gasteiger partial charge in [0.25, 0.3) is 0 Å². The van der Waals surface area contributed by atoms with Gasteiger partial charge >= 0.3 is 0 Å². The molecule has 0 bridgehead atoms. The minimum absolute atomic E-state index is 0.0487. The van der Waals surface area contributed by atoms with Gasteiger partial charge < -0.3 is 5.32 Å². The number of hydrogen-bond donors (Lipinski definition) is 1. The molecule has 0 fully saturated rings. The summed E-state index contributed by atoms with van der Waals surface area (Å²) in [6.45, 7) is 6.77. The predicted octanol–water partition coefficient (Wildman–Crippen LogP) is 2.43. The van der Waals surface area contributed by atoms with Crippen molar-refractivity contribution >= 4 is 5.78 Å². The molecule has 0 heterocycles. The second-order valence-electron chi connectivity index (χ2n) is 4.36. The van der Waals surface area contributed by atoms with Gasteiger partial charge in [0.2, 0.25) is 0 Å². The Balaban J connectivity index is 2.68. The number of carbonyl (C=O) groups is 1. The first-order valence-electron chi connectivity index (χ1n) is 5.96. The second-order valence-corrected chi connectivity index (χ2v) is 4.36. The second kappa shape index (κ2) is 6.44. The largest absolute Gasteiger partial charge is 0.307 e. The fourth-order valence-electron chi connectivity index (χ4n) is 1.77. The maximum absolute atomic E-state index is 12.0. The van der Waals surface area contributed by atoms with E-state index in [2.05, 4.69) is 17.4 Å². The summed E-state index contributed by atoms with van der Waals surface area (Å²) >= 11 is 0. The summed E-state index contributed by atoms with van der Waals surface area (Å²) in [6.07, 6.45) is 0.783. The standard InChI is InChI=1S/C14H21NO/c1-4-15-13(14(16)11(2)3)10-12-8-6-5-7-9-12/h5-9,11,13,15H,4,10H2,1-3H3/t13-/m1/s1. The highest BCUT2D eigenvalue weighted by Crippen LogP contribution is 2.08. The highest BCUT2D eigenvalue weighted by molar-refractivity contribution is 5.86. The summed E-state index contributed by atoms with van der Waals surface area (Å²) in [6, 6.07) is 10.1. The van der Waals surface area contributed by atoms with Crippen LogP contribution in [0.2, 0.25) is 0 Å². The number of benzene rings is 1. The molecule has 0 aliphatic rings. The maximum Gasteiger partial charge on any atom is 0.152 e. The molecule has 1 aromatic rings. The Bertz CT molecular complexity index is 319. The molecular weight excluding hydrogens is 198 g/mol. The molecule has 0 spiro atoms. The number of nitrogens with one attached hydrogen (secondary N) is 1. The van der Waals surface area contributed by atoms with Crippen LogP contribution in [0.3, 0.4) is 0 Å². The molecule has 0 unspecified atom stereocenters. The van der Waals surface area contributed by atoms with E-state index in [9.17, 15) is 4.79 Å². The van der Waals surface area contributed by atoms with E-state index >= 15 is 0 Å². The minimum atomic E-state index is -0.0487. The molecule has 0 saturated carbocycles. The Kier molecular flexibility index (Phi) is 5.20. The van der Waals surface area contributed by atoms with E-state index in [0.29, 0.717) is 5.78 Å². The van der Waals surface area contributed by atoms with Crippen molar-refractivity contribution < 1.29 is 4.79 Å². The number of ketones is 1. The van der Waals surface area contributed by atoms with Crippen LogP contribution in [0.25, 0.3) is 0 Å². The van der Waals surface area contributed by atoms with Gasteiger partial charge in [0.15, 0.2) is 5.78 Å². The summed E-state index contributed by atoms with van der Waals surface area (Å²) in [5.41, 5.74) is 1.21. The van der Waals surface area contributed by atoms with Crippen LogP contribution in [0.5, 0.6) is 0 Å². The van der Waals surface area contributed by atoms with E-state index in [1.807, 2.05) is 39.0 Å². The molecule has 16 heavy (non-hydrogen) atoms. The zero-order valence-electron chi connectivity index (χ0n) is 10.4. The lowest BCUT2D eigenvalue weighted by Crippen LogP contribution is -2.40. The van der Waals surface area contributed by atoms with Gasteiger partial charge in [-0.05, 0) is 18.5 Å². The molecule has 2 nitrogen and oxygen atoms in total. The van der Waals surface area contributed by atoms with E-state index in [1.165, 1.54) is 5.56 Å². The van der Waals surface area contributed by atoms with Gasteiger partial charge in [-0.1, -0.05) is 51.1 Å².